The standard InChI is InChI=1S/C35H46N3O6.C35H48N3O6.2V/c1-20-28(19-39)38-18-29(20)43-31-22(14-21-12-13-24(42-6)16-27(21)36-31)10-8-7-9-11-26-25-15-23(25)17-35(26,5)44-33(41)37-30(32(38)40)34(2,3)4;1-7-26-28(21-39)38-20-29(26)43-31-23(18-22-15-16-25(42-6)19-27(22)36-31)12-9-8-10-13-24-14-11-17-35(24,5)44-33(41)37-30(32(38)40)34(2,3)4;;/h12-14,16,20,23,25-26,28-30H,7-11,15,17-18H2,1-6H3,(H,37,41);15-16,18-19,24,26,28-30H,7-14,17,20H2,1-6H3,(H,37,41);;/q2*-1;;/t20-,23?,25?,26+,28+,29-,30+,35+;24-,26+,28-,29+,30-,35-;;/m01../s1. The number of methoxy groups -OCH3 is 2. The van der Waals surface area contributed by atoms with Gasteiger partial charge in [0.25, 0.3) is 0 Å². The fourth-order valence-electron chi connectivity index (χ4n) is 15.5. The van der Waals surface area contributed by atoms with E-state index < -0.39 is 70.6 Å². The SMILES string of the molecule is CC[C@@H]1[C@@H]2CN(C(=O)[C@H](C(C)(C)C)NC(=O)O[C@]3(C)CCC[C@H]3CCCCCc3cc4ccc(OC)cc4nc3O2)[C@@H]1[C-]=O.COc1ccc2cc3c(nc2c1)O[C@H]1CN(C(=O)[C@H](C(C)(C)C)NC(=O)O[C@]2(C)CC4CC4[C@H]2CCCCC3)[C@H]([C-]=O)[C@@H]1C.[V].[V]. The van der Waals surface area contributed by atoms with Gasteiger partial charge in [-0.25, -0.2) is 32.1 Å². The van der Waals surface area contributed by atoms with Crippen molar-refractivity contribution in [3.8, 4) is 23.3 Å². The zero-order chi connectivity index (χ0) is 63.0. The molecule has 90 heavy (non-hydrogen) atoms. The summed E-state index contributed by atoms with van der Waals surface area (Å²) in [7, 11) is 3.26. The summed E-state index contributed by atoms with van der Waals surface area (Å²) in [5, 5.41) is 7.84. The number of hydrogen-bond donors (Lipinski definition) is 2. The van der Waals surface area contributed by atoms with Crippen LogP contribution in [-0.4, -0.2) is 131 Å². The largest absolute Gasteiger partial charge is 0.540 e. The average Bonchev–Trinajstić information content (AvgIpc) is 1.58. The van der Waals surface area contributed by atoms with Crippen LogP contribution in [0, 0.1) is 46.3 Å². The number of nitrogens with zero attached hydrogens (tertiary/aromatic N) is 4. The summed E-state index contributed by atoms with van der Waals surface area (Å²) in [6.07, 6.45) is 17.4. The van der Waals surface area contributed by atoms with Crippen molar-refractivity contribution in [3.63, 3.8) is 0 Å². The summed E-state index contributed by atoms with van der Waals surface area (Å²) in [5.41, 5.74) is 1.18. The first-order valence-electron chi connectivity index (χ1n) is 32.5. The van der Waals surface area contributed by atoms with Gasteiger partial charge in [0.2, 0.25) is 23.6 Å². The van der Waals surface area contributed by atoms with Gasteiger partial charge in [0.05, 0.1) is 38.3 Å². The maximum Gasteiger partial charge on any atom is 0.408 e. The Balaban J connectivity index is 0.000000227. The molecular weight excluding hydrogens is 1220 g/mol. The van der Waals surface area contributed by atoms with Crippen molar-refractivity contribution in [3.05, 3.63) is 59.7 Å². The number of rotatable bonds is 5. The van der Waals surface area contributed by atoms with Crippen molar-refractivity contribution in [1.82, 2.24) is 30.4 Å². The molecule has 18 nitrogen and oxygen atoms in total. The van der Waals surface area contributed by atoms with E-state index in [9.17, 15) is 28.8 Å². The van der Waals surface area contributed by atoms with Crippen LogP contribution in [0.4, 0.5) is 9.59 Å². The summed E-state index contributed by atoms with van der Waals surface area (Å²) >= 11 is 0. The molecule has 7 aliphatic rings. The Morgan fingerprint density at radius 3 is 1.64 bits per heavy atom. The molecule has 4 aliphatic heterocycles. The molecule has 3 aliphatic carbocycles. The molecule has 2 aromatic carbocycles. The number of carbonyl (C=O) groups excluding carboxylic acids is 6. The van der Waals surface area contributed by atoms with Crippen molar-refractivity contribution in [2.45, 2.75) is 220 Å². The second kappa shape index (κ2) is 28.8. The smallest absolute Gasteiger partial charge is 0.408 e. The number of aryl methyl sites for hydroxylation is 2. The molecule has 20 heteroatoms. The number of carbonyl (C=O) groups is 4. The van der Waals surface area contributed by atoms with Crippen LogP contribution in [0.1, 0.15) is 170 Å². The normalized spacial score (nSPS) is 31.6. The van der Waals surface area contributed by atoms with E-state index in [0.29, 0.717) is 47.4 Å². The molecule has 4 bridgehead atoms. The zero-order valence-corrected chi connectivity index (χ0v) is 57.7. The van der Waals surface area contributed by atoms with Crippen LogP contribution in [-0.2, 0) is 78.6 Å². The van der Waals surface area contributed by atoms with Crippen molar-refractivity contribution >= 4 is 58.4 Å². The van der Waals surface area contributed by atoms with Crippen molar-refractivity contribution in [2.24, 2.45) is 46.3 Å². The van der Waals surface area contributed by atoms with Gasteiger partial charge in [-0.1, -0.05) is 99.6 Å². The van der Waals surface area contributed by atoms with Gasteiger partial charge in [0.1, 0.15) is 47.0 Å². The van der Waals surface area contributed by atoms with Gasteiger partial charge in [0.15, 0.2) is 0 Å². The monoisotopic (exact) mass is 1310 g/mol. The summed E-state index contributed by atoms with van der Waals surface area (Å²) in [6.45, 7) is 19.8. The maximum absolute atomic E-state index is 14.2. The Kier molecular flexibility index (Phi) is 22.5. The van der Waals surface area contributed by atoms with Crippen molar-refractivity contribution in [1.29, 1.82) is 0 Å². The fourth-order valence-corrected chi connectivity index (χ4v) is 15.5. The number of fused-ring (bicyclic) bond motifs is 12. The third kappa shape index (κ3) is 15.1. The minimum Gasteiger partial charge on any atom is -0.540 e. The van der Waals surface area contributed by atoms with Crippen molar-refractivity contribution < 1.29 is 94.3 Å². The molecule has 0 spiro atoms. The molecule has 3 saturated carbocycles. The predicted molar refractivity (Wildman–Crippen MR) is 335 cm³/mol. The molecule has 6 heterocycles. The molecule has 11 rings (SSSR count). The van der Waals surface area contributed by atoms with Crippen molar-refractivity contribution in [2.75, 3.05) is 27.3 Å². The van der Waals surface area contributed by atoms with Gasteiger partial charge in [-0.15, -0.1) is 0 Å². The molecular formula is C70H94N6O12V2-2. The number of amides is 4. The first-order valence-corrected chi connectivity index (χ1v) is 32.5. The zero-order valence-electron chi connectivity index (χ0n) is 54.9. The van der Waals surface area contributed by atoms with Gasteiger partial charge in [-0.2, -0.15) is 0 Å². The van der Waals surface area contributed by atoms with E-state index in [1.807, 2.05) is 98.7 Å². The van der Waals surface area contributed by atoms with Gasteiger partial charge >= 0.3 is 12.2 Å². The molecule has 4 amide bonds. The third-order valence-corrected chi connectivity index (χ3v) is 20.7. The summed E-state index contributed by atoms with van der Waals surface area (Å²) < 4.78 is 36.5. The van der Waals surface area contributed by atoms with E-state index in [1.165, 1.54) is 16.2 Å². The minimum atomic E-state index is -0.897. The number of pyridine rings is 2. The summed E-state index contributed by atoms with van der Waals surface area (Å²) in [5.74, 6) is 3.00. The Hall–Kier alpha value is -5.55. The summed E-state index contributed by atoms with van der Waals surface area (Å²) in [4.78, 5) is 92.8. The first-order chi connectivity index (χ1) is 41.9. The van der Waals surface area contributed by atoms with Crippen LogP contribution < -0.4 is 29.6 Å². The number of aromatic nitrogens is 2. The van der Waals surface area contributed by atoms with Crippen LogP contribution >= 0.6 is 0 Å². The second-order valence-electron chi connectivity index (χ2n) is 28.9. The second-order valence-corrected chi connectivity index (χ2v) is 28.9. The maximum atomic E-state index is 14.2. The first kappa shape index (κ1) is 70.3. The number of ether oxygens (including phenoxy) is 6. The molecule has 4 aromatic rings. The molecule has 5 fully saturated rings. The molecule has 2 unspecified atom stereocenters. The Bertz CT molecular complexity index is 3250. The molecule has 2 radical (unpaired) electrons. The molecule has 14 atom stereocenters. The molecule has 488 valence electrons. The summed E-state index contributed by atoms with van der Waals surface area (Å²) in [6, 6.07) is 12.5. The van der Waals surface area contributed by atoms with Gasteiger partial charge < -0.3 is 58.4 Å². The number of nitrogens with one attached hydrogen (secondary N) is 2. The van der Waals surface area contributed by atoms with Gasteiger partial charge in [0, 0.05) is 77.1 Å². The van der Waals surface area contributed by atoms with E-state index in [0.717, 1.165) is 123 Å². The van der Waals surface area contributed by atoms with E-state index in [1.54, 1.807) is 14.2 Å². The van der Waals surface area contributed by atoms with Crippen LogP contribution in [0.2, 0.25) is 0 Å². The Labute approximate surface area is 556 Å². The van der Waals surface area contributed by atoms with Crippen LogP contribution in [0.3, 0.4) is 0 Å². The van der Waals surface area contributed by atoms with Crippen LogP contribution in [0.15, 0.2) is 48.5 Å². The van der Waals surface area contributed by atoms with Crippen LogP contribution in [0.25, 0.3) is 21.8 Å². The Morgan fingerprint density at radius 1 is 0.644 bits per heavy atom. The fraction of sp³-hybridized carbons (Fsp3) is 0.657. The van der Waals surface area contributed by atoms with Gasteiger partial charge in [-0.05, 0) is 161 Å². The van der Waals surface area contributed by atoms with Crippen LogP contribution in [0.5, 0.6) is 23.3 Å². The van der Waals surface area contributed by atoms with E-state index in [2.05, 4.69) is 42.3 Å². The topological polar surface area (TPSA) is 214 Å². The number of benzene rings is 2. The predicted octanol–water partition coefficient (Wildman–Crippen LogP) is 11.8. The minimum absolute atomic E-state index is 0. The third-order valence-electron chi connectivity index (χ3n) is 20.7. The molecule has 2 N–H and O–H groups in total. The van der Waals surface area contributed by atoms with E-state index in [-0.39, 0.29) is 79.8 Å². The Morgan fingerprint density at radius 2 is 1.13 bits per heavy atom. The van der Waals surface area contributed by atoms with Gasteiger partial charge in [-0.3, -0.25) is 9.59 Å². The number of hydrogen-bond acceptors (Lipinski definition) is 14. The van der Waals surface area contributed by atoms with E-state index >= 15 is 0 Å². The average molecular weight is 1310 g/mol. The number of alkyl carbamates (subject to hydrolysis) is 2. The quantitative estimate of drug-likeness (QED) is 0.178. The molecule has 2 aromatic heterocycles. The molecule has 2 saturated heterocycles. The van der Waals surface area contributed by atoms with E-state index in [4.69, 9.17) is 38.4 Å².